The summed E-state index contributed by atoms with van der Waals surface area (Å²) in [5, 5.41) is 8.62. The maximum Gasteiger partial charge on any atom is 0.163 e. The molecule has 4 nitrogen and oxygen atoms in total. The maximum atomic E-state index is 5.81. The molecule has 0 bridgehead atoms. The van der Waals surface area contributed by atoms with E-state index in [1.165, 1.54) is 0 Å². The van der Waals surface area contributed by atoms with Crippen molar-refractivity contribution in [1.29, 1.82) is 0 Å². The third-order valence-corrected chi connectivity index (χ3v) is 2.34. The first kappa shape index (κ1) is 10.1. The molecule has 0 saturated carbocycles. The van der Waals surface area contributed by atoms with Crippen molar-refractivity contribution in [2.75, 3.05) is 6.54 Å². The van der Waals surface area contributed by atoms with Crippen molar-refractivity contribution in [1.82, 2.24) is 14.8 Å². The molecule has 1 aromatic carbocycles. The van der Waals surface area contributed by atoms with E-state index < -0.39 is 0 Å². The molecule has 0 aliphatic carbocycles. The standard InChI is InChI=1S/C10H11ClN4/c11-9-3-1-8(2-4-9)10-14-13-7-15(10)6-5-12/h1-4,7H,5-6,12H2. The lowest BCUT2D eigenvalue weighted by molar-refractivity contribution is 0.712. The maximum absolute atomic E-state index is 5.81. The highest BCUT2D eigenvalue weighted by molar-refractivity contribution is 6.30. The first-order valence-corrected chi connectivity index (χ1v) is 5.03. The van der Waals surface area contributed by atoms with Gasteiger partial charge in [-0.15, -0.1) is 10.2 Å². The van der Waals surface area contributed by atoms with Crippen LogP contribution in [0.25, 0.3) is 11.4 Å². The highest BCUT2D eigenvalue weighted by Crippen LogP contribution is 2.18. The fourth-order valence-electron chi connectivity index (χ4n) is 1.38. The third-order valence-electron chi connectivity index (χ3n) is 2.09. The molecule has 0 radical (unpaired) electrons. The van der Waals surface area contributed by atoms with Gasteiger partial charge in [0.05, 0.1) is 0 Å². The van der Waals surface area contributed by atoms with E-state index in [2.05, 4.69) is 10.2 Å². The lowest BCUT2D eigenvalue weighted by Crippen LogP contribution is -2.10. The van der Waals surface area contributed by atoms with E-state index in [1.54, 1.807) is 6.33 Å². The van der Waals surface area contributed by atoms with Gasteiger partial charge in [0.25, 0.3) is 0 Å². The largest absolute Gasteiger partial charge is 0.329 e. The van der Waals surface area contributed by atoms with Crippen LogP contribution in [0.1, 0.15) is 0 Å². The molecule has 0 aliphatic heterocycles. The van der Waals surface area contributed by atoms with E-state index in [-0.39, 0.29) is 0 Å². The average Bonchev–Trinajstić information content (AvgIpc) is 2.68. The number of hydrogen-bond donors (Lipinski definition) is 1. The predicted molar refractivity (Wildman–Crippen MR) is 59.5 cm³/mol. The molecule has 0 unspecified atom stereocenters. The summed E-state index contributed by atoms with van der Waals surface area (Å²) < 4.78 is 1.92. The molecular formula is C10H11ClN4. The van der Waals surface area contributed by atoms with Crippen LogP contribution in [0.2, 0.25) is 5.02 Å². The van der Waals surface area contributed by atoms with Crippen LogP contribution in [0.3, 0.4) is 0 Å². The van der Waals surface area contributed by atoms with Gasteiger partial charge in [-0.3, -0.25) is 0 Å². The number of aromatic nitrogens is 3. The Morgan fingerprint density at radius 3 is 2.67 bits per heavy atom. The smallest absolute Gasteiger partial charge is 0.163 e. The van der Waals surface area contributed by atoms with Crippen LogP contribution in [-0.2, 0) is 6.54 Å². The van der Waals surface area contributed by atoms with Gasteiger partial charge in [-0.25, -0.2) is 0 Å². The number of nitrogens with two attached hydrogens (primary N) is 1. The zero-order chi connectivity index (χ0) is 10.7. The Hall–Kier alpha value is -1.39. The fraction of sp³-hybridized carbons (Fsp3) is 0.200. The quantitative estimate of drug-likeness (QED) is 0.858. The molecule has 2 aromatic rings. The molecule has 0 fully saturated rings. The Morgan fingerprint density at radius 2 is 2.00 bits per heavy atom. The zero-order valence-electron chi connectivity index (χ0n) is 8.10. The topological polar surface area (TPSA) is 56.7 Å². The molecule has 0 amide bonds. The molecule has 2 rings (SSSR count). The highest BCUT2D eigenvalue weighted by Gasteiger charge is 2.05. The molecule has 15 heavy (non-hydrogen) atoms. The van der Waals surface area contributed by atoms with Gasteiger partial charge in [0.2, 0.25) is 0 Å². The second-order valence-electron chi connectivity index (χ2n) is 3.14. The summed E-state index contributed by atoms with van der Waals surface area (Å²) in [6, 6.07) is 7.50. The van der Waals surface area contributed by atoms with Crippen LogP contribution in [0.4, 0.5) is 0 Å². The molecule has 78 valence electrons. The van der Waals surface area contributed by atoms with E-state index >= 15 is 0 Å². The van der Waals surface area contributed by atoms with Crippen LogP contribution in [0.5, 0.6) is 0 Å². The van der Waals surface area contributed by atoms with Crippen molar-refractivity contribution < 1.29 is 0 Å². The first-order chi connectivity index (χ1) is 7.31. The Labute approximate surface area is 92.7 Å². The van der Waals surface area contributed by atoms with Crippen LogP contribution >= 0.6 is 11.6 Å². The molecule has 0 atom stereocenters. The summed E-state index contributed by atoms with van der Waals surface area (Å²) in [5.41, 5.74) is 6.48. The van der Waals surface area contributed by atoms with Crippen LogP contribution in [-0.4, -0.2) is 21.3 Å². The summed E-state index contributed by atoms with van der Waals surface area (Å²) in [6.45, 7) is 1.28. The molecule has 5 heteroatoms. The number of benzene rings is 1. The summed E-state index contributed by atoms with van der Waals surface area (Å²) in [7, 11) is 0. The van der Waals surface area contributed by atoms with Gasteiger partial charge < -0.3 is 10.3 Å². The Kier molecular flexibility index (Phi) is 2.99. The van der Waals surface area contributed by atoms with Crippen LogP contribution in [0.15, 0.2) is 30.6 Å². The number of rotatable bonds is 3. The van der Waals surface area contributed by atoms with Crippen molar-refractivity contribution in [3.05, 3.63) is 35.6 Å². The minimum atomic E-state index is 0.568. The normalized spacial score (nSPS) is 10.5. The zero-order valence-corrected chi connectivity index (χ0v) is 8.85. The molecule has 0 spiro atoms. The summed E-state index contributed by atoms with van der Waals surface area (Å²) in [4.78, 5) is 0. The van der Waals surface area contributed by atoms with E-state index in [4.69, 9.17) is 17.3 Å². The SMILES string of the molecule is NCCn1cnnc1-c1ccc(Cl)cc1. The van der Waals surface area contributed by atoms with Crippen LogP contribution in [0, 0.1) is 0 Å². The van der Waals surface area contributed by atoms with Crippen molar-refractivity contribution in [3.63, 3.8) is 0 Å². The van der Waals surface area contributed by atoms with E-state index in [0.717, 1.165) is 11.4 Å². The fourth-order valence-corrected chi connectivity index (χ4v) is 1.51. The van der Waals surface area contributed by atoms with E-state index in [9.17, 15) is 0 Å². The Morgan fingerprint density at radius 1 is 1.27 bits per heavy atom. The van der Waals surface area contributed by atoms with Crippen molar-refractivity contribution in [2.24, 2.45) is 5.73 Å². The molecule has 0 saturated heterocycles. The summed E-state index contributed by atoms with van der Waals surface area (Å²) >= 11 is 5.81. The monoisotopic (exact) mass is 222 g/mol. The molecule has 1 aromatic heterocycles. The van der Waals surface area contributed by atoms with E-state index in [1.807, 2.05) is 28.8 Å². The minimum absolute atomic E-state index is 0.568. The first-order valence-electron chi connectivity index (χ1n) is 4.65. The summed E-state index contributed by atoms with van der Waals surface area (Å²) in [6.07, 6.45) is 1.68. The minimum Gasteiger partial charge on any atom is -0.329 e. The average molecular weight is 223 g/mol. The molecule has 2 N–H and O–H groups in total. The lowest BCUT2D eigenvalue weighted by atomic mass is 10.2. The van der Waals surface area contributed by atoms with Gasteiger partial charge in [0, 0.05) is 23.7 Å². The second-order valence-corrected chi connectivity index (χ2v) is 3.58. The van der Waals surface area contributed by atoms with Gasteiger partial charge in [0.1, 0.15) is 6.33 Å². The molecular weight excluding hydrogens is 212 g/mol. The Balaban J connectivity index is 2.36. The van der Waals surface area contributed by atoms with Crippen molar-refractivity contribution in [2.45, 2.75) is 6.54 Å². The van der Waals surface area contributed by atoms with Crippen molar-refractivity contribution in [3.8, 4) is 11.4 Å². The van der Waals surface area contributed by atoms with Gasteiger partial charge in [0.15, 0.2) is 5.82 Å². The van der Waals surface area contributed by atoms with E-state index in [0.29, 0.717) is 18.1 Å². The highest BCUT2D eigenvalue weighted by atomic mass is 35.5. The van der Waals surface area contributed by atoms with Crippen molar-refractivity contribution >= 4 is 11.6 Å². The Bertz CT molecular complexity index is 435. The third kappa shape index (κ3) is 2.16. The number of hydrogen-bond acceptors (Lipinski definition) is 3. The van der Waals surface area contributed by atoms with Gasteiger partial charge in [-0.1, -0.05) is 11.6 Å². The number of halogens is 1. The number of nitrogens with zero attached hydrogens (tertiary/aromatic N) is 3. The van der Waals surface area contributed by atoms with Crippen LogP contribution < -0.4 is 5.73 Å². The summed E-state index contributed by atoms with van der Waals surface area (Å²) in [5.74, 6) is 0.817. The van der Waals surface area contributed by atoms with Gasteiger partial charge in [-0.05, 0) is 24.3 Å². The predicted octanol–water partition coefficient (Wildman–Crippen LogP) is 1.56. The lowest BCUT2D eigenvalue weighted by Gasteiger charge is -2.04. The van der Waals surface area contributed by atoms with Gasteiger partial charge >= 0.3 is 0 Å². The molecule has 0 aliphatic rings. The second kappa shape index (κ2) is 4.42. The molecule has 1 heterocycles. The van der Waals surface area contributed by atoms with Gasteiger partial charge in [-0.2, -0.15) is 0 Å².